The molecule has 7 heteroatoms. The molecule has 2 aliphatic heterocycles. The number of urea groups is 1. The normalized spacial score (nSPS) is 23.4. The van der Waals surface area contributed by atoms with E-state index in [1.165, 1.54) is 0 Å². The number of carbonyl (C=O) groups is 2. The van der Waals surface area contributed by atoms with Gasteiger partial charge in [-0.2, -0.15) is 5.10 Å². The molecule has 1 aliphatic carbocycles. The molecule has 1 aromatic carbocycles. The number of amides is 3. The van der Waals surface area contributed by atoms with E-state index in [4.69, 9.17) is 5.10 Å². The van der Waals surface area contributed by atoms with Crippen LogP contribution in [0.2, 0.25) is 0 Å². The van der Waals surface area contributed by atoms with E-state index in [0.29, 0.717) is 24.7 Å². The van der Waals surface area contributed by atoms with E-state index >= 15 is 0 Å². The van der Waals surface area contributed by atoms with Crippen LogP contribution < -0.4 is 5.32 Å². The summed E-state index contributed by atoms with van der Waals surface area (Å²) in [6, 6.07) is 10.1. The Morgan fingerprint density at radius 2 is 1.90 bits per heavy atom. The summed E-state index contributed by atoms with van der Waals surface area (Å²) in [5.74, 6) is 0.559. The zero-order valence-corrected chi connectivity index (χ0v) is 17.8. The Morgan fingerprint density at radius 1 is 1.17 bits per heavy atom. The fourth-order valence-electron chi connectivity index (χ4n) is 5.00. The first kappa shape index (κ1) is 19.2. The van der Waals surface area contributed by atoms with Crippen molar-refractivity contribution in [3.63, 3.8) is 0 Å². The molecule has 3 heterocycles. The number of rotatable bonds is 4. The molecule has 0 bridgehead atoms. The summed E-state index contributed by atoms with van der Waals surface area (Å²) >= 11 is 0. The lowest BCUT2D eigenvalue weighted by Crippen LogP contribution is -2.45. The van der Waals surface area contributed by atoms with Gasteiger partial charge in [-0.05, 0) is 58.1 Å². The van der Waals surface area contributed by atoms with Crippen molar-refractivity contribution in [2.75, 3.05) is 13.1 Å². The number of fused-ring (bicyclic) bond motifs is 1. The third kappa shape index (κ3) is 3.07. The van der Waals surface area contributed by atoms with Gasteiger partial charge in [0.25, 0.3) is 5.91 Å². The second-order valence-electron chi connectivity index (χ2n) is 9.08. The van der Waals surface area contributed by atoms with E-state index in [9.17, 15) is 9.59 Å². The molecular weight excluding hydrogens is 378 g/mol. The smallest absolute Gasteiger partial charge is 0.317 e. The number of aromatic nitrogens is 2. The summed E-state index contributed by atoms with van der Waals surface area (Å²) in [4.78, 5) is 30.1. The minimum Gasteiger partial charge on any atom is -0.336 e. The number of hydrogen-bond acceptors (Lipinski definition) is 3. The standard InChI is InChI=1S/C23H29N5O2/c1-14(2)24-23(30)26-12-11-18(13-26)27-20(16-9-10-16)19-15(3)25-28(21(19)22(27)29)17-7-5-4-6-8-17/h4-8,14,16,18,20H,9-13H2,1-3H3,(H,24,30). The van der Waals surface area contributed by atoms with E-state index in [2.05, 4.69) is 10.2 Å². The summed E-state index contributed by atoms with van der Waals surface area (Å²) in [7, 11) is 0. The second kappa shape index (κ2) is 7.15. The van der Waals surface area contributed by atoms with Gasteiger partial charge in [-0.15, -0.1) is 0 Å². The molecule has 1 saturated heterocycles. The van der Waals surface area contributed by atoms with Crippen molar-refractivity contribution in [2.45, 2.75) is 58.2 Å². The van der Waals surface area contributed by atoms with Crippen LogP contribution in [0.1, 0.15) is 60.9 Å². The minimum absolute atomic E-state index is 0.0359. The largest absolute Gasteiger partial charge is 0.336 e. The molecule has 0 spiro atoms. The lowest BCUT2D eigenvalue weighted by molar-refractivity contribution is 0.0600. The summed E-state index contributed by atoms with van der Waals surface area (Å²) in [6.45, 7) is 7.22. The average molecular weight is 408 g/mol. The Labute approximate surface area is 177 Å². The highest BCUT2D eigenvalue weighted by molar-refractivity contribution is 5.99. The van der Waals surface area contributed by atoms with Crippen molar-refractivity contribution >= 4 is 11.9 Å². The van der Waals surface area contributed by atoms with Crippen molar-refractivity contribution in [3.8, 4) is 5.69 Å². The molecule has 2 atom stereocenters. The maximum atomic E-state index is 13.7. The third-order valence-electron chi connectivity index (χ3n) is 6.46. The van der Waals surface area contributed by atoms with Gasteiger partial charge in [-0.1, -0.05) is 18.2 Å². The first-order chi connectivity index (χ1) is 14.5. The van der Waals surface area contributed by atoms with Crippen LogP contribution in [-0.2, 0) is 0 Å². The summed E-state index contributed by atoms with van der Waals surface area (Å²) in [6.07, 6.45) is 3.12. The number of hydrogen-bond donors (Lipinski definition) is 1. The average Bonchev–Trinajstić information content (AvgIpc) is 3.21. The summed E-state index contributed by atoms with van der Waals surface area (Å²) in [5.41, 5.74) is 3.65. The molecule has 1 N–H and O–H groups in total. The number of benzene rings is 1. The van der Waals surface area contributed by atoms with Gasteiger partial charge in [0.1, 0.15) is 5.69 Å². The fraction of sp³-hybridized carbons (Fsp3) is 0.522. The number of nitrogens with one attached hydrogen (secondary N) is 1. The maximum Gasteiger partial charge on any atom is 0.317 e. The van der Waals surface area contributed by atoms with Gasteiger partial charge in [-0.3, -0.25) is 4.79 Å². The minimum atomic E-state index is -0.0359. The first-order valence-corrected chi connectivity index (χ1v) is 11.0. The monoisotopic (exact) mass is 407 g/mol. The van der Waals surface area contributed by atoms with E-state index < -0.39 is 0 Å². The highest BCUT2D eigenvalue weighted by Gasteiger charge is 2.52. The van der Waals surface area contributed by atoms with E-state index in [1.807, 2.05) is 60.7 Å². The molecular formula is C23H29N5O2. The zero-order chi connectivity index (χ0) is 21.0. The Balaban J connectivity index is 1.47. The lowest BCUT2D eigenvalue weighted by Gasteiger charge is -2.31. The van der Waals surface area contributed by atoms with Crippen LogP contribution in [0.5, 0.6) is 0 Å². The van der Waals surface area contributed by atoms with Gasteiger partial charge in [0.15, 0.2) is 0 Å². The van der Waals surface area contributed by atoms with Crippen LogP contribution in [0.3, 0.4) is 0 Å². The van der Waals surface area contributed by atoms with Gasteiger partial charge in [0.05, 0.1) is 23.5 Å². The highest BCUT2D eigenvalue weighted by Crippen LogP contribution is 2.52. The van der Waals surface area contributed by atoms with E-state index in [1.54, 1.807) is 0 Å². The first-order valence-electron chi connectivity index (χ1n) is 11.0. The maximum absolute atomic E-state index is 13.7. The van der Waals surface area contributed by atoms with Crippen molar-refractivity contribution in [1.29, 1.82) is 0 Å². The number of carbonyl (C=O) groups excluding carboxylic acids is 2. The molecule has 2 aromatic rings. The Bertz CT molecular complexity index is 979. The third-order valence-corrected chi connectivity index (χ3v) is 6.46. The molecule has 30 heavy (non-hydrogen) atoms. The number of aryl methyl sites for hydroxylation is 1. The van der Waals surface area contributed by atoms with Crippen molar-refractivity contribution in [1.82, 2.24) is 24.9 Å². The van der Waals surface area contributed by atoms with Gasteiger partial charge in [0, 0.05) is 24.7 Å². The summed E-state index contributed by atoms with van der Waals surface area (Å²) in [5, 5.41) is 7.72. The van der Waals surface area contributed by atoms with E-state index in [0.717, 1.165) is 36.2 Å². The van der Waals surface area contributed by atoms with Gasteiger partial charge in [0.2, 0.25) is 0 Å². The van der Waals surface area contributed by atoms with Crippen molar-refractivity contribution < 1.29 is 9.59 Å². The van der Waals surface area contributed by atoms with Crippen LogP contribution in [0.15, 0.2) is 30.3 Å². The predicted molar refractivity (Wildman–Crippen MR) is 114 cm³/mol. The highest BCUT2D eigenvalue weighted by atomic mass is 16.2. The SMILES string of the molecule is Cc1nn(-c2ccccc2)c2c1C(C1CC1)N(C1CCN(C(=O)NC(C)C)C1)C2=O. The molecule has 2 unspecified atom stereocenters. The van der Waals surface area contributed by atoms with Crippen LogP contribution in [0.4, 0.5) is 4.79 Å². The topological polar surface area (TPSA) is 70.5 Å². The Kier molecular flexibility index (Phi) is 4.56. The van der Waals surface area contributed by atoms with Crippen LogP contribution in [0, 0.1) is 12.8 Å². The predicted octanol–water partition coefficient (Wildman–Crippen LogP) is 3.28. The quantitative estimate of drug-likeness (QED) is 0.846. The van der Waals surface area contributed by atoms with Crippen LogP contribution >= 0.6 is 0 Å². The van der Waals surface area contributed by atoms with Gasteiger partial charge < -0.3 is 15.1 Å². The molecule has 1 aromatic heterocycles. The molecule has 3 aliphatic rings. The summed E-state index contributed by atoms with van der Waals surface area (Å²) < 4.78 is 1.82. The Morgan fingerprint density at radius 3 is 2.57 bits per heavy atom. The number of para-hydroxylation sites is 1. The van der Waals surface area contributed by atoms with Crippen molar-refractivity contribution in [3.05, 3.63) is 47.3 Å². The Hall–Kier alpha value is -2.83. The molecule has 3 amide bonds. The number of nitrogens with zero attached hydrogens (tertiary/aromatic N) is 4. The van der Waals surface area contributed by atoms with Crippen molar-refractivity contribution in [2.24, 2.45) is 5.92 Å². The van der Waals surface area contributed by atoms with Gasteiger partial charge >= 0.3 is 6.03 Å². The molecule has 1 saturated carbocycles. The molecule has 7 nitrogen and oxygen atoms in total. The molecule has 2 fully saturated rings. The lowest BCUT2D eigenvalue weighted by atomic mass is 10.0. The zero-order valence-electron chi connectivity index (χ0n) is 17.8. The fourth-order valence-corrected chi connectivity index (χ4v) is 5.00. The molecule has 5 rings (SSSR count). The molecule has 158 valence electrons. The van der Waals surface area contributed by atoms with E-state index in [-0.39, 0.29) is 30.1 Å². The van der Waals surface area contributed by atoms with Gasteiger partial charge in [-0.25, -0.2) is 9.48 Å². The number of likely N-dealkylation sites (tertiary alicyclic amines) is 1. The molecule has 0 radical (unpaired) electrons. The van der Waals surface area contributed by atoms with Crippen LogP contribution in [-0.4, -0.2) is 56.7 Å². The second-order valence-corrected chi connectivity index (χ2v) is 9.08. The van der Waals surface area contributed by atoms with Crippen LogP contribution in [0.25, 0.3) is 5.69 Å².